The molecule has 80 valence electrons. The quantitative estimate of drug-likeness (QED) is 0.617. The molecule has 0 bridgehead atoms. The second-order valence-corrected chi connectivity index (χ2v) is 4.33. The van der Waals surface area contributed by atoms with Crippen LogP contribution in [0.15, 0.2) is 27.7 Å². The Hall–Kier alpha value is -1.95. The van der Waals surface area contributed by atoms with Crippen LogP contribution in [-0.2, 0) is 0 Å². The zero-order valence-corrected chi connectivity index (χ0v) is 9.19. The lowest BCUT2D eigenvalue weighted by molar-refractivity contribution is 0.525. The van der Waals surface area contributed by atoms with E-state index < -0.39 is 0 Å². The molecule has 0 saturated carbocycles. The number of furan rings is 1. The van der Waals surface area contributed by atoms with Gasteiger partial charge in [0.1, 0.15) is 22.4 Å². The minimum absolute atomic E-state index is 0.161. The van der Waals surface area contributed by atoms with Crippen LogP contribution in [0.1, 0.15) is 11.5 Å². The topological polar surface area (TPSA) is 60.4 Å². The maximum absolute atomic E-state index is 11.8. The van der Waals surface area contributed by atoms with Crippen molar-refractivity contribution < 1.29 is 4.42 Å². The van der Waals surface area contributed by atoms with Crippen molar-refractivity contribution in [2.75, 3.05) is 0 Å². The summed E-state index contributed by atoms with van der Waals surface area (Å²) >= 11 is 1.30. The van der Waals surface area contributed by atoms with E-state index in [1.165, 1.54) is 22.2 Å². The van der Waals surface area contributed by atoms with Gasteiger partial charge in [0, 0.05) is 6.08 Å². The molecule has 0 unspecified atom stereocenters. The van der Waals surface area contributed by atoms with E-state index in [0.717, 1.165) is 5.76 Å². The number of fused-ring (bicyclic) bond motifs is 1. The number of nitrogens with zero attached hydrogens (tertiary/aromatic N) is 3. The second-order valence-electron chi connectivity index (χ2n) is 3.32. The van der Waals surface area contributed by atoms with Crippen LogP contribution in [0.2, 0.25) is 0 Å². The van der Waals surface area contributed by atoms with E-state index in [-0.39, 0.29) is 5.56 Å². The predicted octanol–water partition coefficient (Wildman–Crippen LogP) is 0.600. The third kappa shape index (κ3) is 1.35. The van der Waals surface area contributed by atoms with Crippen LogP contribution >= 0.6 is 11.3 Å². The number of aryl methyl sites for hydroxylation is 1. The first-order valence-electron chi connectivity index (χ1n) is 4.65. The first-order chi connectivity index (χ1) is 7.74. The molecular formula is C10H7N3O2S. The molecule has 0 aliphatic heterocycles. The highest BCUT2D eigenvalue weighted by Gasteiger charge is 2.05. The van der Waals surface area contributed by atoms with Gasteiger partial charge in [-0.1, -0.05) is 11.3 Å². The Morgan fingerprint density at radius 3 is 3.06 bits per heavy atom. The van der Waals surface area contributed by atoms with E-state index in [2.05, 4.69) is 10.1 Å². The zero-order chi connectivity index (χ0) is 11.1. The summed E-state index contributed by atoms with van der Waals surface area (Å²) < 4.78 is 7.24. The maximum Gasteiger partial charge on any atom is 0.291 e. The lowest BCUT2D eigenvalue weighted by atomic mass is 10.4. The zero-order valence-electron chi connectivity index (χ0n) is 8.38. The summed E-state index contributed by atoms with van der Waals surface area (Å²) in [6, 6.07) is 3.68. The van der Waals surface area contributed by atoms with Crippen molar-refractivity contribution in [3.8, 4) is 0 Å². The first-order valence-corrected chi connectivity index (χ1v) is 5.46. The molecule has 0 N–H and O–H groups in total. The predicted molar refractivity (Wildman–Crippen MR) is 59.4 cm³/mol. The molecule has 0 saturated heterocycles. The second kappa shape index (κ2) is 3.28. The van der Waals surface area contributed by atoms with E-state index in [4.69, 9.17) is 4.42 Å². The summed E-state index contributed by atoms with van der Waals surface area (Å²) in [4.78, 5) is 16.4. The summed E-state index contributed by atoms with van der Waals surface area (Å²) in [5.41, 5.74) is -0.161. The minimum atomic E-state index is -0.161. The van der Waals surface area contributed by atoms with Gasteiger partial charge in [0.2, 0.25) is 4.96 Å². The molecule has 16 heavy (non-hydrogen) atoms. The third-order valence-corrected chi connectivity index (χ3v) is 3.13. The number of thiazole rings is 1. The fraction of sp³-hybridized carbons (Fsp3) is 0.100. The molecule has 0 aliphatic rings. The van der Waals surface area contributed by atoms with Gasteiger partial charge in [0.05, 0.1) is 0 Å². The molecular weight excluding hydrogens is 226 g/mol. The van der Waals surface area contributed by atoms with Crippen LogP contribution in [0.3, 0.4) is 0 Å². The van der Waals surface area contributed by atoms with Crippen molar-refractivity contribution in [2.24, 2.45) is 0 Å². The van der Waals surface area contributed by atoms with Crippen LogP contribution in [0.4, 0.5) is 0 Å². The standard InChI is InChI=1S/C10H7N3O2S/c1-6-2-3-7(15-6)4-8-9(14)13-10(16-8)11-5-12-13/h2-5H,1H3/b8-4+. The SMILES string of the molecule is Cc1ccc(/C=c2/sc3ncnn3c2=O)o1. The molecule has 3 aromatic heterocycles. The number of aromatic nitrogens is 3. The summed E-state index contributed by atoms with van der Waals surface area (Å²) in [7, 11) is 0. The normalized spacial score (nSPS) is 12.7. The molecule has 0 spiro atoms. The Morgan fingerprint density at radius 2 is 2.38 bits per heavy atom. The first kappa shape index (κ1) is 9.29. The molecule has 0 aromatic carbocycles. The molecule has 6 heteroatoms. The fourth-order valence-electron chi connectivity index (χ4n) is 1.44. The van der Waals surface area contributed by atoms with Gasteiger partial charge in [0.15, 0.2) is 0 Å². The van der Waals surface area contributed by atoms with Crippen molar-refractivity contribution >= 4 is 22.4 Å². The monoisotopic (exact) mass is 233 g/mol. The highest BCUT2D eigenvalue weighted by molar-refractivity contribution is 7.15. The van der Waals surface area contributed by atoms with Gasteiger partial charge >= 0.3 is 0 Å². The summed E-state index contributed by atoms with van der Waals surface area (Å²) in [6.07, 6.45) is 3.07. The highest BCUT2D eigenvalue weighted by Crippen LogP contribution is 2.07. The van der Waals surface area contributed by atoms with Gasteiger partial charge in [-0.25, -0.2) is 4.98 Å². The molecule has 0 amide bonds. The smallest absolute Gasteiger partial charge is 0.291 e. The average Bonchev–Trinajstić information content (AvgIpc) is 2.90. The molecule has 0 atom stereocenters. The summed E-state index contributed by atoms with van der Waals surface area (Å²) in [5, 5.41) is 3.84. The van der Waals surface area contributed by atoms with E-state index in [9.17, 15) is 4.79 Å². The van der Waals surface area contributed by atoms with Crippen LogP contribution in [0.5, 0.6) is 0 Å². The molecule has 0 aliphatic carbocycles. The van der Waals surface area contributed by atoms with E-state index in [1.54, 1.807) is 6.08 Å². The Balaban J connectivity index is 2.26. The van der Waals surface area contributed by atoms with E-state index in [0.29, 0.717) is 15.3 Å². The van der Waals surface area contributed by atoms with Crippen LogP contribution in [-0.4, -0.2) is 14.6 Å². The maximum atomic E-state index is 11.8. The largest absolute Gasteiger partial charge is 0.462 e. The van der Waals surface area contributed by atoms with Crippen molar-refractivity contribution in [2.45, 2.75) is 6.92 Å². The minimum Gasteiger partial charge on any atom is -0.462 e. The molecule has 3 rings (SSSR count). The molecule has 0 fully saturated rings. The van der Waals surface area contributed by atoms with Gasteiger partial charge in [-0.3, -0.25) is 4.79 Å². The molecule has 3 heterocycles. The molecule has 5 nitrogen and oxygen atoms in total. The number of hydrogen-bond donors (Lipinski definition) is 0. The van der Waals surface area contributed by atoms with Crippen LogP contribution in [0, 0.1) is 6.92 Å². The molecule has 0 radical (unpaired) electrons. The van der Waals surface area contributed by atoms with Crippen LogP contribution in [0.25, 0.3) is 11.0 Å². The number of rotatable bonds is 1. The summed E-state index contributed by atoms with van der Waals surface area (Å²) in [5.74, 6) is 1.48. The van der Waals surface area contributed by atoms with Crippen LogP contribution < -0.4 is 10.1 Å². The van der Waals surface area contributed by atoms with Crippen molar-refractivity contribution in [3.05, 3.63) is 44.9 Å². The Bertz CT molecular complexity index is 753. The highest BCUT2D eigenvalue weighted by atomic mass is 32.1. The third-order valence-electron chi connectivity index (χ3n) is 2.16. The van der Waals surface area contributed by atoms with Crippen molar-refractivity contribution in [1.82, 2.24) is 14.6 Å². The Kier molecular flexibility index (Phi) is 1.90. The number of hydrogen-bond acceptors (Lipinski definition) is 5. The fourth-order valence-corrected chi connectivity index (χ4v) is 2.30. The van der Waals surface area contributed by atoms with Gasteiger partial charge in [-0.05, 0) is 19.1 Å². The van der Waals surface area contributed by atoms with Gasteiger partial charge in [-0.15, -0.1) is 0 Å². The van der Waals surface area contributed by atoms with E-state index >= 15 is 0 Å². The van der Waals surface area contributed by atoms with Gasteiger partial charge in [-0.2, -0.15) is 9.61 Å². The molecule has 3 aromatic rings. The van der Waals surface area contributed by atoms with Crippen molar-refractivity contribution in [1.29, 1.82) is 0 Å². The Labute approximate surface area is 93.7 Å². The Morgan fingerprint density at radius 1 is 1.50 bits per heavy atom. The van der Waals surface area contributed by atoms with E-state index in [1.807, 2.05) is 19.1 Å². The summed E-state index contributed by atoms with van der Waals surface area (Å²) in [6.45, 7) is 1.86. The van der Waals surface area contributed by atoms with Gasteiger partial charge in [0.25, 0.3) is 5.56 Å². The van der Waals surface area contributed by atoms with Gasteiger partial charge < -0.3 is 4.42 Å². The lowest BCUT2D eigenvalue weighted by Gasteiger charge is -1.81. The average molecular weight is 233 g/mol. The van der Waals surface area contributed by atoms with Crippen molar-refractivity contribution in [3.63, 3.8) is 0 Å². The lowest BCUT2D eigenvalue weighted by Crippen LogP contribution is -2.23.